The zero-order valence-corrected chi connectivity index (χ0v) is 17.1. The van der Waals surface area contributed by atoms with E-state index in [9.17, 15) is 10.2 Å². The van der Waals surface area contributed by atoms with Crippen LogP contribution in [-0.4, -0.2) is 68.7 Å². The van der Waals surface area contributed by atoms with Gasteiger partial charge in [-0.1, -0.05) is 6.92 Å². The van der Waals surface area contributed by atoms with Crippen LogP contribution >= 0.6 is 0 Å². The first-order valence-corrected chi connectivity index (χ1v) is 10.2. The van der Waals surface area contributed by atoms with Crippen molar-refractivity contribution in [2.45, 2.75) is 25.8 Å². The smallest absolute Gasteiger partial charge is 0.159 e. The number of hydrogen-bond donors (Lipinski definition) is 4. The molecule has 1 aliphatic rings. The number of benzene rings is 1. The highest BCUT2D eigenvalue weighted by molar-refractivity contribution is 5.78. The third-order valence-corrected chi connectivity index (χ3v) is 5.39. The SMILES string of the molecule is CC(CO)(CO)COc1ccc2c(c1)ncn2-c1cncc(N[C@@H]2CCCNC2)n1. The van der Waals surface area contributed by atoms with E-state index in [0.717, 1.165) is 42.8 Å². The second kappa shape index (κ2) is 8.95. The number of rotatable bonds is 8. The number of hydrogen-bond acceptors (Lipinski definition) is 8. The summed E-state index contributed by atoms with van der Waals surface area (Å²) in [5, 5.41) is 25.7. The summed E-state index contributed by atoms with van der Waals surface area (Å²) in [6, 6.07) is 5.95. The maximum Gasteiger partial charge on any atom is 0.159 e. The molecule has 1 saturated heterocycles. The third-order valence-electron chi connectivity index (χ3n) is 5.39. The summed E-state index contributed by atoms with van der Waals surface area (Å²) < 4.78 is 7.66. The van der Waals surface area contributed by atoms with Gasteiger partial charge in [0, 0.05) is 24.1 Å². The van der Waals surface area contributed by atoms with Crippen molar-refractivity contribution in [3.05, 3.63) is 36.9 Å². The van der Waals surface area contributed by atoms with Gasteiger partial charge in [-0.3, -0.25) is 9.55 Å². The van der Waals surface area contributed by atoms with Gasteiger partial charge in [-0.05, 0) is 31.5 Å². The van der Waals surface area contributed by atoms with Crippen LogP contribution in [-0.2, 0) is 0 Å². The largest absolute Gasteiger partial charge is 0.493 e. The highest BCUT2D eigenvalue weighted by Gasteiger charge is 2.23. The van der Waals surface area contributed by atoms with Crippen LogP contribution in [0.4, 0.5) is 5.82 Å². The Morgan fingerprint density at radius 3 is 2.93 bits per heavy atom. The van der Waals surface area contributed by atoms with Crippen molar-refractivity contribution < 1.29 is 14.9 Å². The van der Waals surface area contributed by atoms with Crippen molar-refractivity contribution in [1.29, 1.82) is 0 Å². The molecule has 9 heteroatoms. The number of piperidine rings is 1. The van der Waals surface area contributed by atoms with Crippen LogP contribution in [0.2, 0.25) is 0 Å². The number of aliphatic hydroxyl groups excluding tert-OH is 2. The standard InChI is InChI=1S/C21H28N6O3/c1-21(11-28,12-29)13-30-16-4-5-18-17(7-16)24-14-27(18)20-10-23-9-19(26-20)25-15-3-2-6-22-8-15/h4-5,7,9-10,14-15,22,28-29H,2-3,6,8,11-13H2,1H3,(H,25,26)/t15-/m1/s1. The highest BCUT2D eigenvalue weighted by atomic mass is 16.5. The molecule has 2 aromatic heterocycles. The Labute approximate surface area is 175 Å². The first-order valence-electron chi connectivity index (χ1n) is 10.2. The predicted octanol–water partition coefficient (Wildman–Crippen LogP) is 1.35. The number of imidazole rings is 1. The lowest BCUT2D eigenvalue weighted by atomic mass is 9.94. The van der Waals surface area contributed by atoms with Gasteiger partial charge in [0.25, 0.3) is 0 Å². The van der Waals surface area contributed by atoms with Gasteiger partial charge in [-0.25, -0.2) is 9.97 Å². The van der Waals surface area contributed by atoms with Crippen molar-refractivity contribution >= 4 is 16.9 Å². The zero-order valence-electron chi connectivity index (χ0n) is 17.1. The van der Waals surface area contributed by atoms with Crippen LogP contribution in [0.25, 0.3) is 16.9 Å². The van der Waals surface area contributed by atoms with Crippen molar-refractivity contribution in [2.24, 2.45) is 5.41 Å². The van der Waals surface area contributed by atoms with Crippen LogP contribution in [0.15, 0.2) is 36.9 Å². The summed E-state index contributed by atoms with van der Waals surface area (Å²) in [6.45, 7) is 3.66. The zero-order chi connectivity index (χ0) is 21.0. The van der Waals surface area contributed by atoms with Gasteiger partial charge in [-0.15, -0.1) is 0 Å². The van der Waals surface area contributed by atoms with Gasteiger partial charge in [0.2, 0.25) is 0 Å². The molecule has 0 amide bonds. The second-order valence-electron chi connectivity index (χ2n) is 8.13. The number of nitrogens with one attached hydrogen (secondary N) is 2. The number of nitrogens with zero attached hydrogens (tertiary/aromatic N) is 4. The molecule has 9 nitrogen and oxygen atoms in total. The molecular weight excluding hydrogens is 384 g/mol. The molecule has 0 radical (unpaired) electrons. The minimum Gasteiger partial charge on any atom is -0.493 e. The molecule has 0 unspecified atom stereocenters. The third kappa shape index (κ3) is 4.53. The van der Waals surface area contributed by atoms with E-state index in [4.69, 9.17) is 9.72 Å². The molecule has 0 spiro atoms. The van der Waals surface area contributed by atoms with Gasteiger partial charge in [-0.2, -0.15) is 0 Å². The lowest BCUT2D eigenvalue weighted by molar-refractivity contribution is 0.0287. The summed E-state index contributed by atoms with van der Waals surface area (Å²) in [5.41, 5.74) is 0.963. The van der Waals surface area contributed by atoms with E-state index in [1.807, 2.05) is 22.8 Å². The summed E-state index contributed by atoms with van der Waals surface area (Å²) in [7, 11) is 0. The van der Waals surface area contributed by atoms with Crippen molar-refractivity contribution in [1.82, 2.24) is 24.8 Å². The van der Waals surface area contributed by atoms with Crippen LogP contribution in [0, 0.1) is 5.41 Å². The highest BCUT2D eigenvalue weighted by Crippen LogP contribution is 2.24. The fraction of sp³-hybridized carbons (Fsp3) is 0.476. The first kappa shape index (κ1) is 20.5. The number of aliphatic hydroxyl groups is 2. The summed E-state index contributed by atoms with van der Waals surface area (Å²) in [6.07, 6.45) is 7.43. The average molecular weight is 412 g/mol. The van der Waals surface area contributed by atoms with Crippen LogP contribution in [0.3, 0.4) is 0 Å². The molecule has 1 aromatic carbocycles. The fourth-order valence-corrected chi connectivity index (χ4v) is 3.39. The fourth-order valence-electron chi connectivity index (χ4n) is 3.39. The Morgan fingerprint density at radius 1 is 1.30 bits per heavy atom. The van der Waals surface area contributed by atoms with E-state index in [-0.39, 0.29) is 19.8 Å². The molecular formula is C21H28N6O3. The van der Waals surface area contributed by atoms with E-state index in [2.05, 4.69) is 20.6 Å². The number of fused-ring (bicyclic) bond motifs is 1. The molecule has 3 heterocycles. The molecule has 30 heavy (non-hydrogen) atoms. The van der Waals surface area contributed by atoms with E-state index < -0.39 is 5.41 Å². The number of aromatic nitrogens is 4. The maximum absolute atomic E-state index is 9.41. The minimum atomic E-state index is -0.689. The summed E-state index contributed by atoms with van der Waals surface area (Å²) in [4.78, 5) is 13.5. The lowest BCUT2D eigenvalue weighted by Gasteiger charge is -2.24. The monoisotopic (exact) mass is 412 g/mol. The van der Waals surface area contributed by atoms with E-state index in [1.165, 1.54) is 0 Å². The van der Waals surface area contributed by atoms with E-state index in [0.29, 0.717) is 17.6 Å². The lowest BCUT2D eigenvalue weighted by Crippen LogP contribution is -2.38. The molecule has 0 saturated carbocycles. The summed E-state index contributed by atoms with van der Waals surface area (Å²) >= 11 is 0. The first-order chi connectivity index (χ1) is 14.6. The molecule has 1 aliphatic heterocycles. The van der Waals surface area contributed by atoms with E-state index >= 15 is 0 Å². The Hall–Kier alpha value is -2.75. The van der Waals surface area contributed by atoms with Crippen molar-refractivity contribution in [2.75, 3.05) is 38.2 Å². The summed E-state index contributed by atoms with van der Waals surface area (Å²) in [5.74, 6) is 2.07. The number of ether oxygens (including phenoxy) is 1. The molecule has 0 bridgehead atoms. The van der Waals surface area contributed by atoms with Crippen molar-refractivity contribution in [3.8, 4) is 11.6 Å². The molecule has 3 aromatic rings. The topological polar surface area (TPSA) is 117 Å². The van der Waals surface area contributed by atoms with Crippen LogP contribution in [0.5, 0.6) is 5.75 Å². The van der Waals surface area contributed by atoms with Gasteiger partial charge in [0.1, 0.15) is 17.9 Å². The Kier molecular flexibility index (Phi) is 6.12. The Balaban J connectivity index is 1.51. The minimum absolute atomic E-state index is 0.152. The van der Waals surface area contributed by atoms with Crippen LogP contribution in [0.1, 0.15) is 19.8 Å². The van der Waals surface area contributed by atoms with Gasteiger partial charge in [0.15, 0.2) is 5.82 Å². The molecule has 4 rings (SSSR count). The average Bonchev–Trinajstić information content (AvgIpc) is 3.22. The quantitative estimate of drug-likeness (QED) is 0.438. The van der Waals surface area contributed by atoms with Gasteiger partial charge < -0.3 is 25.6 Å². The number of anilines is 1. The molecule has 4 N–H and O–H groups in total. The second-order valence-corrected chi connectivity index (χ2v) is 8.13. The van der Waals surface area contributed by atoms with E-state index in [1.54, 1.807) is 25.6 Å². The van der Waals surface area contributed by atoms with Gasteiger partial charge in [0.05, 0.1) is 43.2 Å². The normalized spacial score (nSPS) is 17.2. The Morgan fingerprint density at radius 2 is 2.17 bits per heavy atom. The van der Waals surface area contributed by atoms with Crippen LogP contribution < -0.4 is 15.4 Å². The molecule has 1 atom stereocenters. The Bertz CT molecular complexity index is 982. The molecule has 160 valence electrons. The maximum atomic E-state index is 9.41. The predicted molar refractivity (Wildman–Crippen MR) is 114 cm³/mol. The molecule has 0 aliphatic carbocycles. The van der Waals surface area contributed by atoms with Gasteiger partial charge >= 0.3 is 0 Å². The molecule has 1 fully saturated rings. The van der Waals surface area contributed by atoms with Crippen molar-refractivity contribution in [3.63, 3.8) is 0 Å².